The molecule has 234 valence electrons. The first-order valence-corrected chi connectivity index (χ1v) is 15.7. The van der Waals surface area contributed by atoms with Crippen LogP contribution in [0.5, 0.6) is 11.5 Å². The smallest absolute Gasteiger partial charge is 0.415 e. The summed E-state index contributed by atoms with van der Waals surface area (Å²) in [6, 6.07) is 5.78. The van der Waals surface area contributed by atoms with Crippen molar-refractivity contribution in [3.8, 4) is 22.9 Å². The summed E-state index contributed by atoms with van der Waals surface area (Å²) in [6.07, 6.45) is 6.33. The summed E-state index contributed by atoms with van der Waals surface area (Å²) in [4.78, 5) is 48.4. The number of likely N-dealkylation sites (tertiary alicyclic amines) is 2. The van der Waals surface area contributed by atoms with Gasteiger partial charge in [0.1, 0.15) is 6.61 Å². The Morgan fingerprint density at radius 1 is 1.07 bits per heavy atom. The van der Waals surface area contributed by atoms with Gasteiger partial charge in [0.25, 0.3) is 5.56 Å². The monoisotopic (exact) mass is 622 g/mol. The quantitative estimate of drug-likeness (QED) is 0.312. The van der Waals surface area contributed by atoms with Crippen LogP contribution in [0, 0.1) is 0 Å². The summed E-state index contributed by atoms with van der Waals surface area (Å²) in [6.45, 7) is 7.75. The zero-order valence-electron chi connectivity index (χ0n) is 25.3. The van der Waals surface area contributed by atoms with Crippen LogP contribution >= 0.6 is 12.4 Å². The van der Waals surface area contributed by atoms with Crippen molar-refractivity contribution in [2.24, 2.45) is 0 Å². The molecule has 0 bridgehead atoms. The molecule has 2 saturated heterocycles. The molecule has 3 aromatic rings. The highest BCUT2D eigenvalue weighted by Gasteiger charge is 2.35. The molecule has 0 saturated carbocycles. The largest absolute Gasteiger partial charge is 0.504 e. The van der Waals surface area contributed by atoms with Crippen LogP contribution in [0.2, 0.25) is 0 Å². The van der Waals surface area contributed by atoms with E-state index in [1.54, 1.807) is 21.6 Å². The SMILES string of the molecule is CCc1c2c(nc3ccc(OC(=O)N4CCC(N5CCCCC5)CC4)c(O)c13)-c1cc3c(c(=O)n1C2)COC(=O)[C@H]3CC.Cl. The standard InChI is InChI=1S/C33H38N4O6.ClH/c1-3-20-23-17-37-26(16-22-21(4-2)32(40)42-18-24(22)31(37)39)29(23)34-25-8-9-27(30(38)28(20)25)43-33(41)36-14-10-19(11-15-36)35-12-6-5-7-13-35;/h8-9,16,19,21,38H,3-7,10-15,17-18H2,1-2H3;1H/t21-;/m0./s1. The molecule has 1 aromatic carbocycles. The van der Waals surface area contributed by atoms with E-state index >= 15 is 0 Å². The number of rotatable bonds is 4. The highest BCUT2D eigenvalue weighted by Crippen LogP contribution is 2.43. The average Bonchev–Trinajstić information content (AvgIpc) is 3.40. The Morgan fingerprint density at radius 3 is 2.52 bits per heavy atom. The fourth-order valence-corrected chi connectivity index (χ4v) is 7.58. The average molecular weight is 623 g/mol. The number of aromatic hydroxyl groups is 1. The molecule has 0 unspecified atom stereocenters. The number of cyclic esters (lactones) is 1. The number of phenolic OH excluding ortho intramolecular Hbond substituents is 1. The summed E-state index contributed by atoms with van der Waals surface area (Å²) in [7, 11) is 0. The lowest BCUT2D eigenvalue weighted by Crippen LogP contribution is -2.48. The van der Waals surface area contributed by atoms with Gasteiger partial charge >= 0.3 is 12.1 Å². The third kappa shape index (κ3) is 4.92. The molecule has 10 nitrogen and oxygen atoms in total. The lowest BCUT2D eigenvalue weighted by atomic mass is 9.90. The normalized spacial score (nSPS) is 20.0. The van der Waals surface area contributed by atoms with E-state index in [1.807, 2.05) is 19.9 Å². The predicted octanol–water partition coefficient (Wildman–Crippen LogP) is 5.11. The van der Waals surface area contributed by atoms with Gasteiger partial charge in [0, 0.05) is 30.1 Å². The Labute approximate surface area is 262 Å². The van der Waals surface area contributed by atoms with Crippen LogP contribution in [-0.2, 0) is 29.1 Å². The second kappa shape index (κ2) is 12.0. The molecule has 0 radical (unpaired) electrons. The highest BCUT2D eigenvalue weighted by molar-refractivity contribution is 5.95. The molecule has 44 heavy (non-hydrogen) atoms. The number of aryl methyl sites for hydroxylation is 1. The van der Waals surface area contributed by atoms with Gasteiger partial charge in [-0.25, -0.2) is 9.78 Å². The third-order valence-electron chi connectivity index (χ3n) is 9.90. The first-order chi connectivity index (χ1) is 20.9. The van der Waals surface area contributed by atoms with Crippen molar-refractivity contribution in [3.05, 3.63) is 50.8 Å². The van der Waals surface area contributed by atoms with E-state index in [0.29, 0.717) is 71.9 Å². The minimum absolute atomic E-state index is 0. The van der Waals surface area contributed by atoms with E-state index in [4.69, 9.17) is 14.5 Å². The molecule has 6 heterocycles. The predicted molar refractivity (Wildman–Crippen MR) is 168 cm³/mol. The van der Waals surface area contributed by atoms with E-state index in [2.05, 4.69) is 4.90 Å². The number of halogens is 1. The van der Waals surface area contributed by atoms with Crippen LogP contribution in [0.1, 0.15) is 80.5 Å². The number of pyridine rings is 2. The van der Waals surface area contributed by atoms with Gasteiger partial charge in [-0.3, -0.25) is 9.59 Å². The number of ether oxygens (including phenoxy) is 2. The number of aromatic nitrogens is 2. The number of fused-ring (bicyclic) bond motifs is 5. The fourth-order valence-electron chi connectivity index (χ4n) is 7.58. The number of esters is 1. The van der Waals surface area contributed by atoms with Gasteiger partial charge in [0.2, 0.25) is 0 Å². The molecule has 0 spiro atoms. The maximum absolute atomic E-state index is 13.6. The van der Waals surface area contributed by atoms with Gasteiger partial charge in [-0.15, -0.1) is 12.4 Å². The number of carbonyl (C=O) groups excluding carboxylic acids is 2. The molecule has 1 N–H and O–H groups in total. The van der Waals surface area contributed by atoms with E-state index in [-0.39, 0.29) is 42.0 Å². The number of phenols is 1. The molecule has 7 rings (SSSR count). The van der Waals surface area contributed by atoms with Gasteiger partial charge in [-0.2, -0.15) is 0 Å². The molecule has 1 atom stereocenters. The zero-order chi connectivity index (χ0) is 29.8. The summed E-state index contributed by atoms with van der Waals surface area (Å²) >= 11 is 0. The first-order valence-electron chi connectivity index (χ1n) is 15.7. The van der Waals surface area contributed by atoms with Crippen molar-refractivity contribution in [2.45, 2.75) is 83.9 Å². The van der Waals surface area contributed by atoms with Crippen LogP contribution in [0.15, 0.2) is 23.0 Å². The summed E-state index contributed by atoms with van der Waals surface area (Å²) in [5.74, 6) is -0.795. The molecule has 4 aliphatic heterocycles. The minimum atomic E-state index is -0.477. The number of hydrogen-bond donors (Lipinski definition) is 1. The number of carbonyl (C=O) groups is 2. The van der Waals surface area contributed by atoms with Gasteiger partial charge in [-0.1, -0.05) is 20.3 Å². The number of amides is 1. The van der Waals surface area contributed by atoms with E-state index < -0.39 is 12.0 Å². The van der Waals surface area contributed by atoms with Crippen molar-refractivity contribution < 1.29 is 24.2 Å². The molecule has 4 aliphatic rings. The van der Waals surface area contributed by atoms with Crippen molar-refractivity contribution in [2.75, 3.05) is 26.2 Å². The van der Waals surface area contributed by atoms with Gasteiger partial charge in [0.15, 0.2) is 11.5 Å². The molecule has 1 amide bonds. The lowest BCUT2D eigenvalue weighted by Gasteiger charge is -2.39. The third-order valence-corrected chi connectivity index (χ3v) is 9.90. The summed E-state index contributed by atoms with van der Waals surface area (Å²) in [5.41, 5.74) is 4.68. The Bertz CT molecular complexity index is 1690. The number of piperidine rings is 2. The van der Waals surface area contributed by atoms with E-state index in [0.717, 1.165) is 37.1 Å². The van der Waals surface area contributed by atoms with Crippen molar-refractivity contribution in [1.82, 2.24) is 19.4 Å². The molecule has 2 aromatic heterocycles. The molecule has 11 heteroatoms. The first kappa shape index (κ1) is 30.4. The van der Waals surface area contributed by atoms with Gasteiger partial charge in [-0.05, 0) is 80.9 Å². The zero-order valence-corrected chi connectivity index (χ0v) is 26.1. The van der Waals surface area contributed by atoms with Crippen LogP contribution < -0.4 is 10.3 Å². The second-order valence-electron chi connectivity index (χ2n) is 12.2. The molecule has 2 fully saturated rings. The van der Waals surface area contributed by atoms with Gasteiger partial charge < -0.3 is 28.9 Å². The second-order valence-corrected chi connectivity index (χ2v) is 12.2. The van der Waals surface area contributed by atoms with Crippen LogP contribution in [-0.4, -0.2) is 68.7 Å². The van der Waals surface area contributed by atoms with Gasteiger partial charge in [0.05, 0.1) is 34.9 Å². The number of nitrogens with zero attached hydrogens (tertiary/aromatic N) is 4. The van der Waals surface area contributed by atoms with Crippen LogP contribution in [0.3, 0.4) is 0 Å². The molecule has 0 aliphatic carbocycles. The molecular weight excluding hydrogens is 584 g/mol. The van der Waals surface area contributed by atoms with Crippen molar-refractivity contribution in [3.63, 3.8) is 0 Å². The van der Waals surface area contributed by atoms with E-state index in [1.165, 1.54) is 19.3 Å². The van der Waals surface area contributed by atoms with E-state index in [9.17, 15) is 19.5 Å². The number of benzene rings is 1. The number of hydrogen-bond acceptors (Lipinski definition) is 8. The topological polar surface area (TPSA) is 114 Å². The lowest BCUT2D eigenvalue weighted by molar-refractivity contribution is -0.148. The molecular formula is C33H39ClN4O6. The Kier molecular flexibility index (Phi) is 8.32. The summed E-state index contributed by atoms with van der Waals surface area (Å²) in [5, 5.41) is 12.0. The van der Waals surface area contributed by atoms with Crippen molar-refractivity contribution in [1.29, 1.82) is 0 Å². The Morgan fingerprint density at radius 2 is 1.82 bits per heavy atom. The van der Waals surface area contributed by atoms with Crippen molar-refractivity contribution >= 4 is 35.4 Å². The highest BCUT2D eigenvalue weighted by atomic mass is 35.5. The van der Waals surface area contributed by atoms with Crippen LogP contribution in [0.4, 0.5) is 4.79 Å². The Hall–Kier alpha value is -3.63. The summed E-state index contributed by atoms with van der Waals surface area (Å²) < 4.78 is 12.8. The van der Waals surface area contributed by atoms with Crippen LogP contribution in [0.25, 0.3) is 22.3 Å². The fraction of sp³-hybridized carbons (Fsp3) is 0.515. The maximum atomic E-state index is 13.6. The minimum Gasteiger partial charge on any atom is -0.504 e. The maximum Gasteiger partial charge on any atom is 0.415 e. The Balaban J connectivity index is 0.00000343.